The van der Waals surface area contributed by atoms with Crippen LogP contribution in [-0.4, -0.2) is 70.8 Å². The van der Waals surface area contributed by atoms with Crippen LogP contribution in [0.3, 0.4) is 0 Å². The van der Waals surface area contributed by atoms with Gasteiger partial charge in [-0.25, -0.2) is 4.98 Å². The smallest absolute Gasteiger partial charge is 0.254 e. The van der Waals surface area contributed by atoms with E-state index in [-0.39, 0.29) is 47.8 Å². The zero-order valence-electron chi connectivity index (χ0n) is 22.1. The summed E-state index contributed by atoms with van der Waals surface area (Å²) in [5, 5.41) is 8.51. The SMILES string of the molecule is CCN(CC)CCCC(C)NC(=O)Cc1csc(NC(=O)CN(C(=O)c2ccc(Cl)c(Cl)c2)C(C)C)n1. The third kappa shape index (κ3) is 10.2. The van der Waals surface area contributed by atoms with Gasteiger partial charge in [-0.2, -0.15) is 0 Å². The monoisotopic (exact) mass is 569 g/mol. The fourth-order valence-corrected chi connectivity index (χ4v) is 4.79. The van der Waals surface area contributed by atoms with Crippen molar-refractivity contribution < 1.29 is 14.4 Å². The molecule has 204 valence electrons. The average Bonchev–Trinajstić information content (AvgIpc) is 3.27. The van der Waals surface area contributed by atoms with E-state index in [1.807, 2.05) is 20.8 Å². The number of rotatable bonds is 14. The van der Waals surface area contributed by atoms with Crippen LogP contribution in [0.1, 0.15) is 63.5 Å². The summed E-state index contributed by atoms with van der Waals surface area (Å²) >= 11 is 13.2. The van der Waals surface area contributed by atoms with E-state index >= 15 is 0 Å². The van der Waals surface area contributed by atoms with Crippen LogP contribution in [0.2, 0.25) is 10.0 Å². The lowest BCUT2D eigenvalue weighted by molar-refractivity contribution is -0.121. The molecule has 1 unspecified atom stereocenters. The lowest BCUT2D eigenvalue weighted by Gasteiger charge is -2.26. The Morgan fingerprint density at radius 3 is 2.38 bits per heavy atom. The third-order valence-electron chi connectivity index (χ3n) is 5.92. The first-order chi connectivity index (χ1) is 17.5. The Kier molecular flexibility index (Phi) is 12.8. The second-order valence-electron chi connectivity index (χ2n) is 9.16. The summed E-state index contributed by atoms with van der Waals surface area (Å²) in [7, 11) is 0. The molecule has 0 spiro atoms. The van der Waals surface area contributed by atoms with Gasteiger partial charge in [-0.05, 0) is 71.4 Å². The van der Waals surface area contributed by atoms with Crippen molar-refractivity contribution in [1.29, 1.82) is 0 Å². The summed E-state index contributed by atoms with van der Waals surface area (Å²) in [5.74, 6) is -0.808. The molecule has 2 rings (SSSR count). The Hall–Kier alpha value is -2.20. The molecule has 1 aromatic carbocycles. The molecule has 2 N–H and O–H groups in total. The molecular weight excluding hydrogens is 533 g/mol. The molecule has 0 fully saturated rings. The van der Waals surface area contributed by atoms with Crippen molar-refractivity contribution in [2.24, 2.45) is 0 Å². The highest BCUT2D eigenvalue weighted by atomic mass is 35.5. The maximum atomic E-state index is 13.0. The Labute approximate surface area is 233 Å². The van der Waals surface area contributed by atoms with Gasteiger partial charge < -0.3 is 20.4 Å². The minimum absolute atomic E-state index is 0.0796. The Morgan fingerprint density at radius 1 is 1.05 bits per heavy atom. The lowest BCUT2D eigenvalue weighted by Crippen LogP contribution is -2.42. The molecule has 0 bridgehead atoms. The van der Waals surface area contributed by atoms with E-state index in [9.17, 15) is 14.4 Å². The highest BCUT2D eigenvalue weighted by Crippen LogP contribution is 2.24. The van der Waals surface area contributed by atoms with E-state index in [4.69, 9.17) is 23.2 Å². The number of amides is 3. The second-order valence-corrected chi connectivity index (χ2v) is 10.8. The molecule has 0 aliphatic heterocycles. The van der Waals surface area contributed by atoms with Crippen LogP contribution >= 0.6 is 34.5 Å². The number of thiazole rings is 1. The van der Waals surface area contributed by atoms with Crippen molar-refractivity contribution >= 4 is 57.4 Å². The van der Waals surface area contributed by atoms with E-state index < -0.39 is 0 Å². The number of hydrogen-bond donors (Lipinski definition) is 2. The van der Waals surface area contributed by atoms with Crippen molar-refractivity contribution in [2.75, 3.05) is 31.5 Å². The van der Waals surface area contributed by atoms with E-state index in [0.29, 0.717) is 21.4 Å². The van der Waals surface area contributed by atoms with Gasteiger partial charge in [0.25, 0.3) is 5.91 Å². The molecule has 0 saturated carbocycles. The third-order valence-corrected chi connectivity index (χ3v) is 7.46. The predicted octanol–water partition coefficient (Wildman–Crippen LogP) is 5.11. The van der Waals surface area contributed by atoms with Crippen LogP contribution in [-0.2, 0) is 16.0 Å². The molecule has 0 aliphatic rings. The van der Waals surface area contributed by atoms with Gasteiger partial charge in [-0.15, -0.1) is 11.3 Å². The first-order valence-corrected chi connectivity index (χ1v) is 14.2. The standard InChI is InChI=1S/C26H37Cl2N5O3S/c1-6-32(7-2)12-8-9-18(5)29-23(34)14-20-16-37-26(30-20)31-24(35)15-33(17(3)4)25(36)19-10-11-21(27)22(28)13-19/h10-11,13,16-18H,6-9,12,14-15H2,1-5H3,(H,29,34)(H,30,31,35). The molecule has 1 heterocycles. The zero-order chi connectivity index (χ0) is 27.5. The van der Waals surface area contributed by atoms with Gasteiger partial charge in [0.15, 0.2) is 5.13 Å². The Morgan fingerprint density at radius 2 is 1.76 bits per heavy atom. The molecule has 0 radical (unpaired) electrons. The number of nitrogens with zero attached hydrogens (tertiary/aromatic N) is 3. The van der Waals surface area contributed by atoms with Crippen molar-refractivity contribution in [1.82, 2.24) is 20.1 Å². The predicted molar refractivity (Wildman–Crippen MR) is 152 cm³/mol. The van der Waals surface area contributed by atoms with Crippen LogP contribution in [0.25, 0.3) is 0 Å². The first-order valence-electron chi connectivity index (χ1n) is 12.6. The summed E-state index contributed by atoms with van der Waals surface area (Å²) in [6, 6.07) is 4.47. The molecule has 37 heavy (non-hydrogen) atoms. The molecule has 0 saturated heterocycles. The number of aromatic nitrogens is 1. The molecule has 11 heteroatoms. The van der Waals surface area contributed by atoms with Crippen molar-refractivity contribution in [3.8, 4) is 0 Å². The van der Waals surface area contributed by atoms with Gasteiger partial charge >= 0.3 is 0 Å². The number of benzene rings is 1. The second kappa shape index (κ2) is 15.3. The Bertz CT molecular complexity index is 1060. The van der Waals surface area contributed by atoms with Crippen molar-refractivity contribution in [2.45, 2.75) is 66.0 Å². The number of carbonyl (C=O) groups is 3. The average molecular weight is 571 g/mol. The molecule has 2 aromatic rings. The van der Waals surface area contributed by atoms with E-state index in [0.717, 1.165) is 32.5 Å². The minimum Gasteiger partial charge on any atom is -0.353 e. The lowest BCUT2D eigenvalue weighted by atomic mass is 10.1. The highest BCUT2D eigenvalue weighted by Gasteiger charge is 2.23. The number of hydrogen-bond acceptors (Lipinski definition) is 6. The van der Waals surface area contributed by atoms with Gasteiger partial charge in [0.1, 0.15) is 6.54 Å². The van der Waals surface area contributed by atoms with Crippen molar-refractivity contribution in [3.63, 3.8) is 0 Å². The number of carbonyl (C=O) groups excluding carboxylic acids is 3. The van der Waals surface area contributed by atoms with Gasteiger partial charge in [0, 0.05) is 23.0 Å². The summed E-state index contributed by atoms with van der Waals surface area (Å²) in [4.78, 5) is 46.3. The molecule has 8 nitrogen and oxygen atoms in total. The highest BCUT2D eigenvalue weighted by molar-refractivity contribution is 7.13. The van der Waals surface area contributed by atoms with Crippen LogP contribution in [0.15, 0.2) is 23.6 Å². The Balaban J connectivity index is 1.86. The van der Waals surface area contributed by atoms with Gasteiger partial charge in [-0.1, -0.05) is 37.0 Å². The van der Waals surface area contributed by atoms with Crippen LogP contribution in [0.4, 0.5) is 5.13 Å². The van der Waals surface area contributed by atoms with Crippen LogP contribution in [0, 0.1) is 0 Å². The number of nitrogens with one attached hydrogen (secondary N) is 2. The molecule has 0 aliphatic carbocycles. The fraction of sp³-hybridized carbons (Fsp3) is 0.538. The maximum absolute atomic E-state index is 13.0. The number of halogens is 2. The molecule has 3 amide bonds. The maximum Gasteiger partial charge on any atom is 0.254 e. The van der Waals surface area contributed by atoms with Gasteiger partial charge in [0.05, 0.1) is 22.2 Å². The van der Waals surface area contributed by atoms with Gasteiger partial charge in [-0.3, -0.25) is 14.4 Å². The zero-order valence-corrected chi connectivity index (χ0v) is 24.5. The summed E-state index contributed by atoms with van der Waals surface area (Å²) in [6.07, 6.45) is 2.07. The molecular formula is C26H37Cl2N5O3S. The van der Waals surface area contributed by atoms with E-state index in [1.165, 1.54) is 22.3 Å². The minimum atomic E-state index is -0.380. The van der Waals surface area contributed by atoms with Gasteiger partial charge in [0.2, 0.25) is 11.8 Å². The normalized spacial score (nSPS) is 12.0. The molecule has 1 atom stereocenters. The first kappa shape index (κ1) is 31.0. The van der Waals surface area contributed by atoms with Crippen molar-refractivity contribution in [3.05, 3.63) is 44.9 Å². The topological polar surface area (TPSA) is 94.6 Å². The van der Waals surface area contributed by atoms with Crippen LogP contribution in [0.5, 0.6) is 0 Å². The largest absolute Gasteiger partial charge is 0.353 e. The van der Waals surface area contributed by atoms with E-state index in [2.05, 4.69) is 34.4 Å². The number of anilines is 1. The summed E-state index contributed by atoms with van der Waals surface area (Å²) in [5.41, 5.74) is 0.932. The van der Waals surface area contributed by atoms with E-state index in [1.54, 1.807) is 17.5 Å². The molecule has 1 aromatic heterocycles. The summed E-state index contributed by atoms with van der Waals surface area (Å²) in [6.45, 7) is 12.9. The quantitative estimate of drug-likeness (QED) is 0.329. The van der Waals surface area contributed by atoms with Crippen LogP contribution < -0.4 is 10.6 Å². The summed E-state index contributed by atoms with van der Waals surface area (Å²) < 4.78 is 0. The fourth-order valence-electron chi connectivity index (χ4n) is 3.77.